The van der Waals surface area contributed by atoms with E-state index >= 15 is 0 Å². The smallest absolute Gasteiger partial charge is 0.0972 e. The second-order valence-corrected chi connectivity index (χ2v) is 25.4. The van der Waals surface area contributed by atoms with E-state index in [0.717, 1.165) is 171 Å². The molecule has 0 N–H and O–H groups in total. The topological polar surface area (TPSA) is 103 Å². The van der Waals surface area contributed by atoms with Crippen LogP contribution >= 0.6 is 0 Å². The molecule has 20 aromatic rings. The number of nitrogens with zero attached hydrogens (tertiary/aromatic N) is 8. The molecule has 0 radical (unpaired) electrons. The Morgan fingerprint density at radius 3 is 1.09 bits per heavy atom. The highest BCUT2D eigenvalue weighted by Gasteiger charge is 2.16. The quantitative estimate of drug-likeness (QED) is 0.139. The highest BCUT2D eigenvalue weighted by Crippen LogP contribution is 2.39. The van der Waals surface area contributed by atoms with Gasteiger partial charge in [0, 0.05) is 88.9 Å². The number of fused-ring (bicyclic) bond motifs is 12. The molecule has 8 heterocycles. The van der Waals surface area contributed by atoms with Gasteiger partial charge in [0.2, 0.25) is 0 Å². The zero-order valence-electron chi connectivity index (χ0n) is 53.9. The molecule has 20 rings (SSSR count). The van der Waals surface area contributed by atoms with Gasteiger partial charge in [-0.15, -0.1) is 0 Å². The number of para-hydroxylation sites is 2. The van der Waals surface area contributed by atoms with Crippen molar-refractivity contribution in [2.45, 2.75) is 0 Å². The average molecular weight is 1270 g/mol. The Kier molecular flexibility index (Phi) is 14.0. The minimum absolute atomic E-state index is 0.899. The van der Waals surface area contributed by atoms with E-state index in [1.165, 1.54) is 27.1 Å². The molecular formula is C92H56N8. The maximum atomic E-state index is 5.21. The van der Waals surface area contributed by atoms with Crippen molar-refractivity contribution in [3.8, 4) is 89.8 Å². The van der Waals surface area contributed by atoms with E-state index in [4.69, 9.17) is 29.9 Å². The Morgan fingerprint density at radius 2 is 0.510 bits per heavy atom. The predicted molar refractivity (Wildman–Crippen MR) is 414 cm³/mol. The average Bonchev–Trinajstić information content (AvgIpc) is 0.772. The van der Waals surface area contributed by atoms with Crippen LogP contribution in [0.1, 0.15) is 0 Å². The number of hydrogen-bond donors (Lipinski definition) is 0. The van der Waals surface area contributed by atoms with Crippen LogP contribution in [0.5, 0.6) is 0 Å². The lowest BCUT2D eigenvalue weighted by atomic mass is 9.93. The summed E-state index contributed by atoms with van der Waals surface area (Å²) in [6.07, 6.45) is 3.67. The minimum atomic E-state index is 0.899. The van der Waals surface area contributed by atoms with Crippen LogP contribution in [0.25, 0.3) is 199 Å². The first-order chi connectivity index (χ1) is 49.5. The summed E-state index contributed by atoms with van der Waals surface area (Å²) >= 11 is 0. The van der Waals surface area contributed by atoms with Crippen molar-refractivity contribution < 1.29 is 0 Å². The van der Waals surface area contributed by atoms with Crippen molar-refractivity contribution in [3.63, 3.8) is 0 Å². The zero-order chi connectivity index (χ0) is 66.0. The molecule has 0 aliphatic heterocycles. The van der Waals surface area contributed by atoms with E-state index in [-0.39, 0.29) is 0 Å². The summed E-state index contributed by atoms with van der Waals surface area (Å²) in [7, 11) is 0. The lowest BCUT2D eigenvalue weighted by molar-refractivity contribution is 1.36. The van der Waals surface area contributed by atoms with Crippen LogP contribution < -0.4 is 0 Å². The third-order valence-electron chi connectivity index (χ3n) is 19.3. The van der Waals surface area contributed by atoms with Crippen molar-refractivity contribution in [1.82, 2.24) is 39.9 Å². The van der Waals surface area contributed by atoms with Crippen LogP contribution in [0.2, 0.25) is 0 Å². The third-order valence-corrected chi connectivity index (χ3v) is 19.3. The molecule has 8 aromatic heterocycles. The highest BCUT2D eigenvalue weighted by molar-refractivity contribution is 6.14. The number of hydrogen-bond acceptors (Lipinski definition) is 8. The molecule has 0 amide bonds. The predicted octanol–water partition coefficient (Wildman–Crippen LogP) is 23.4. The van der Waals surface area contributed by atoms with E-state index in [0.29, 0.717) is 0 Å². The molecule has 0 atom stereocenters. The summed E-state index contributed by atoms with van der Waals surface area (Å²) in [6.45, 7) is 0. The van der Waals surface area contributed by atoms with Gasteiger partial charge < -0.3 is 0 Å². The van der Waals surface area contributed by atoms with Gasteiger partial charge >= 0.3 is 0 Å². The second kappa shape index (κ2) is 24.3. The SMILES string of the molecule is c1ccc(-c2ccc3ccc4ccc(-c5cccc(-c6ccc7ccc(-c8ccc9ccc(-c%10cccc%11cccnc%10%11)nc9c8)nc7c6)c5)nc4c3n2)cc1.c1cnc2c(-c3ccc4ccc(-c5ccc6ccc(-c7cc8ccccc8c8ccccc78)cc6n5)cc4n3)cccc2c1. The van der Waals surface area contributed by atoms with Gasteiger partial charge in [-0.1, -0.05) is 243 Å². The molecule has 0 aliphatic carbocycles. The van der Waals surface area contributed by atoms with Gasteiger partial charge in [-0.3, -0.25) is 9.97 Å². The van der Waals surface area contributed by atoms with Gasteiger partial charge in [-0.05, 0) is 129 Å². The first-order valence-electron chi connectivity index (χ1n) is 33.6. The molecule has 0 saturated carbocycles. The first-order valence-corrected chi connectivity index (χ1v) is 33.6. The van der Waals surface area contributed by atoms with Gasteiger partial charge in [-0.2, -0.15) is 0 Å². The molecule has 464 valence electrons. The summed E-state index contributed by atoms with van der Waals surface area (Å²) in [4.78, 5) is 40.1. The zero-order valence-corrected chi connectivity index (χ0v) is 53.9. The van der Waals surface area contributed by atoms with E-state index in [9.17, 15) is 0 Å². The first kappa shape index (κ1) is 57.9. The molecule has 0 bridgehead atoms. The lowest BCUT2D eigenvalue weighted by Gasteiger charge is -2.12. The van der Waals surface area contributed by atoms with Crippen LogP contribution in [0.4, 0.5) is 0 Å². The summed E-state index contributed by atoms with van der Waals surface area (Å²) < 4.78 is 0. The second-order valence-electron chi connectivity index (χ2n) is 25.4. The van der Waals surface area contributed by atoms with Gasteiger partial charge in [0.1, 0.15) is 0 Å². The molecule has 12 aromatic carbocycles. The highest BCUT2D eigenvalue weighted by atomic mass is 14.8. The Morgan fingerprint density at radius 1 is 0.160 bits per heavy atom. The van der Waals surface area contributed by atoms with Crippen molar-refractivity contribution in [1.29, 1.82) is 0 Å². The van der Waals surface area contributed by atoms with Gasteiger partial charge in [0.25, 0.3) is 0 Å². The summed E-state index contributed by atoms with van der Waals surface area (Å²) in [5.41, 5.74) is 23.8. The normalized spacial score (nSPS) is 11.6. The fraction of sp³-hybridized carbons (Fsp3) is 0. The van der Waals surface area contributed by atoms with Crippen molar-refractivity contribution in [2.24, 2.45) is 0 Å². The molecule has 0 saturated heterocycles. The molecule has 8 heteroatoms. The Bertz CT molecular complexity index is 6680. The van der Waals surface area contributed by atoms with Gasteiger partial charge in [0.15, 0.2) is 0 Å². The molecule has 0 unspecified atom stereocenters. The number of benzene rings is 12. The van der Waals surface area contributed by atoms with Crippen LogP contribution in [0.15, 0.2) is 340 Å². The Labute approximate surface area is 575 Å². The van der Waals surface area contributed by atoms with Crippen molar-refractivity contribution >= 4 is 109 Å². The van der Waals surface area contributed by atoms with Crippen LogP contribution in [0.3, 0.4) is 0 Å². The summed E-state index contributed by atoms with van der Waals surface area (Å²) in [5.74, 6) is 0. The van der Waals surface area contributed by atoms with Crippen LogP contribution in [0, 0.1) is 0 Å². The fourth-order valence-corrected chi connectivity index (χ4v) is 14.2. The van der Waals surface area contributed by atoms with Crippen LogP contribution in [-0.2, 0) is 0 Å². The van der Waals surface area contributed by atoms with Gasteiger partial charge in [-0.25, -0.2) is 29.9 Å². The van der Waals surface area contributed by atoms with Gasteiger partial charge in [0.05, 0.1) is 78.3 Å². The Hall–Kier alpha value is -13.6. The maximum absolute atomic E-state index is 5.21. The molecule has 100 heavy (non-hydrogen) atoms. The van der Waals surface area contributed by atoms with Crippen LogP contribution in [-0.4, -0.2) is 39.9 Å². The van der Waals surface area contributed by atoms with E-state index in [1.807, 2.05) is 42.7 Å². The number of rotatable bonds is 8. The number of aromatic nitrogens is 8. The van der Waals surface area contributed by atoms with E-state index < -0.39 is 0 Å². The molecule has 0 fully saturated rings. The third kappa shape index (κ3) is 10.6. The lowest BCUT2D eigenvalue weighted by Crippen LogP contribution is -1.91. The largest absolute Gasteiger partial charge is 0.256 e. The standard InChI is InChI=1S/C51H31N5.C41H25N3/c1-2-7-32(8-3-1)43-25-22-36-16-17-37-23-26-45(56-51(37)50(36)55-43)40-11-4-10-38(29-40)39-18-14-33-20-24-44(53-47(33)30-39)41-19-15-34-21-27-46(54-48(34)31-41)42-13-5-9-35-12-6-28-52-49(35)42;1-2-10-32-29(7-1)23-36(34-12-4-3-11-33(32)34)30-16-14-26-18-20-37(43-39(26)24-30)31-17-15-27-19-21-38(44-40(27)25-31)35-13-5-8-28-9-6-22-42-41(28)35/h1-31H;1-25H. The van der Waals surface area contributed by atoms with E-state index in [2.05, 4.69) is 307 Å². The summed E-state index contributed by atoms with van der Waals surface area (Å²) in [5, 5.41) is 13.8. The fourth-order valence-electron chi connectivity index (χ4n) is 14.2. The molecular weight excluding hydrogens is 1220 g/mol. The van der Waals surface area contributed by atoms with E-state index in [1.54, 1.807) is 0 Å². The number of pyridine rings is 8. The molecule has 0 aliphatic rings. The molecule has 8 nitrogen and oxygen atoms in total. The van der Waals surface area contributed by atoms with Crippen molar-refractivity contribution in [2.75, 3.05) is 0 Å². The monoisotopic (exact) mass is 1270 g/mol. The Balaban J connectivity index is 0.000000143. The molecule has 0 spiro atoms. The van der Waals surface area contributed by atoms with Crippen molar-refractivity contribution in [3.05, 3.63) is 340 Å². The minimum Gasteiger partial charge on any atom is -0.256 e. The maximum Gasteiger partial charge on any atom is 0.0972 e. The summed E-state index contributed by atoms with van der Waals surface area (Å²) in [6, 6.07) is 115.